The number of methoxy groups -OCH3 is 1. The summed E-state index contributed by atoms with van der Waals surface area (Å²) in [6.45, 7) is 5.93. The van der Waals surface area contributed by atoms with Crippen LogP contribution in [-0.4, -0.2) is 63.5 Å². The lowest BCUT2D eigenvalue weighted by Crippen LogP contribution is -2.39. The van der Waals surface area contributed by atoms with E-state index in [0.717, 1.165) is 36.0 Å². The van der Waals surface area contributed by atoms with Crippen molar-refractivity contribution in [3.63, 3.8) is 0 Å². The number of aromatic nitrogens is 1. The second kappa shape index (κ2) is 8.67. The molecule has 1 atom stereocenters. The van der Waals surface area contributed by atoms with Crippen LogP contribution in [0.4, 0.5) is 0 Å². The second-order valence-electron chi connectivity index (χ2n) is 7.15. The first-order valence-corrected chi connectivity index (χ1v) is 11.8. The predicted molar refractivity (Wildman–Crippen MR) is 106 cm³/mol. The highest BCUT2D eigenvalue weighted by Gasteiger charge is 2.45. The van der Waals surface area contributed by atoms with Crippen LogP contribution in [0.1, 0.15) is 43.5 Å². The van der Waals surface area contributed by atoms with Crippen LogP contribution in [0, 0.1) is 5.41 Å². The molecule has 0 spiro atoms. The van der Waals surface area contributed by atoms with E-state index in [9.17, 15) is 8.42 Å². The molecule has 0 bridgehead atoms. The number of nitrogens with zero attached hydrogens (tertiary/aromatic N) is 3. The third-order valence-corrected chi connectivity index (χ3v) is 6.65. The van der Waals surface area contributed by atoms with E-state index in [1.54, 1.807) is 18.4 Å². The van der Waals surface area contributed by atoms with Gasteiger partial charge in [-0.2, -0.15) is 0 Å². The van der Waals surface area contributed by atoms with Gasteiger partial charge < -0.3 is 15.0 Å². The van der Waals surface area contributed by atoms with Crippen molar-refractivity contribution in [1.29, 1.82) is 0 Å². The van der Waals surface area contributed by atoms with E-state index >= 15 is 0 Å². The topological polar surface area (TPSA) is 83.9 Å². The average Bonchev–Trinajstić information content (AvgIpc) is 3.14. The summed E-state index contributed by atoms with van der Waals surface area (Å²) in [6, 6.07) is 0. The SMILES string of the molecule is CCNC(=NCC1(CS(C)(=O)=O)CC1)N(C)Cc1csc(C(C)OC)n1. The van der Waals surface area contributed by atoms with Crippen LogP contribution < -0.4 is 5.32 Å². The quantitative estimate of drug-likeness (QED) is 0.503. The van der Waals surface area contributed by atoms with Gasteiger partial charge in [0.15, 0.2) is 5.96 Å². The molecule has 1 aromatic heterocycles. The van der Waals surface area contributed by atoms with Gasteiger partial charge in [0, 0.05) is 44.3 Å². The molecule has 1 aliphatic carbocycles. The number of hydrogen-bond donors (Lipinski definition) is 1. The van der Waals surface area contributed by atoms with Gasteiger partial charge in [0.2, 0.25) is 0 Å². The third kappa shape index (κ3) is 6.21. The molecule has 0 aliphatic heterocycles. The van der Waals surface area contributed by atoms with Crippen LogP contribution in [-0.2, 0) is 21.1 Å². The van der Waals surface area contributed by atoms with Crippen LogP contribution >= 0.6 is 11.3 Å². The van der Waals surface area contributed by atoms with Gasteiger partial charge in [-0.05, 0) is 26.7 Å². The molecule has 2 rings (SSSR count). The number of hydrogen-bond acceptors (Lipinski definition) is 6. The maximum absolute atomic E-state index is 11.6. The van der Waals surface area contributed by atoms with Crippen molar-refractivity contribution in [2.75, 3.05) is 39.3 Å². The smallest absolute Gasteiger partial charge is 0.194 e. The fraction of sp³-hybridized carbons (Fsp3) is 0.765. The molecule has 9 heteroatoms. The van der Waals surface area contributed by atoms with Crippen molar-refractivity contribution in [2.45, 2.75) is 39.3 Å². The zero-order chi connectivity index (χ0) is 19.4. The van der Waals surface area contributed by atoms with Crippen molar-refractivity contribution in [2.24, 2.45) is 10.4 Å². The third-order valence-electron chi connectivity index (χ3n) is 4.46. The molecule has 148 valence electrons. The number of aliphatic imine (C=N–C) groups is 1. The molecule has 0 radical (unpaired) electrons. The fourth-order valence-electron chi connectivity index (χ4n) is 2.79. The summed E-state index contributed by atoms with van der Waals surface area (Å²) >= 11 is 1.59. The first-order valence-electron chi connectivity index (χ1n) is 8.82. The molecule has 1 fully saturated rings. The molecule has 26 heavy (non-hydrogen) atoms. The van der Waals surface area contributed by atoms with Crippen molar-refractivity contribution < 1.29 is 13.2 Å². The predicted octanol–water partition coefficient (Wildman–Crippen LogP) is 2.07. The lowest BCUT2D eigenvalue weighted by molar-refractivity contribution is 0.119. The average molecular weight is 403 g/mol. The van der Waals surface area contributed by atoms with Gasteiger partial charge in [-0.3, -0.25) is 4.99 Å². The number of sulfone groups is 1. The summed E-state index contributed by atoms with van der Waals surface area (Å²) < 4.78 is 28.6. The van der Waals surface area contributed by atoms with E-state index in [0.29, 0.717) is 13.1 Å². The van der Waals surface area contributed by atoms with Gasteiger partial charge >= 0.3 is 0 Å². The van der Waals surface area contributed by atoms with Gasteiger partial charge in [-0.15, -0.1) is 11.3 Å². The molecular formula is C17H30N4O3S2. The number of guanidine groups is 1. The Hall–Kier alpha value is -1.19. The summed E-state index contributed by atoms with van der Waals surface area (Å²) in [5.41, 5.74) is 0.802. The number of rotatable bonds is 9. The maximum atomic E-state index is 11.6. The summed E-state index contributed by atoms with van der Waals surface area (Å²) in [5, 5.41) is 6.28. The first kappa shape index (κ1) is 21.1. The Bertz CT molecular complexity index is 726. The lowest BCUT2D eigenvalue weighted by Gasteiger charge is -2.22. The van der Waals surface area contributed by atoms with Gasteiger partial charge in [-0.25, -0.2) is 13.4 Å². The van der Waals surface area contributed by atoms with Crippen molar-refractivity contribution >= 4 is 27.1 Å². The summed E-state index contributed by atoms with van der Waals surface area (Å²) in [6.07, 6.45) is 3.15. The minimum atomic E-state index is -2.98. The highest BCUT2D eigenvalue weighted by molar-refractivity contribution is 7.90. The minimum absolute atomic E-state index is 0.00771. The minimum Gasteiger partial charge on any atom is -0.375 e. The Morgan fingerprint density at radius 3 is 2.77 bits per heavy atom. The van der Waals surface area contributed by atoms with Crippen LogP contribution in [0.15, 0.2) is 10.4 Å². The molecular weight excluding hydrogens is 372 g/mol. The molecule has 1 unspecified atom stereocenters. The molecule has 0 amide bonds. The Balaban J connectivity index is 2.02. The fourth-order valence-corrected chi connectivity index (χ4v) is 5.13. The van der Waals surface area contributed by atoms with Crippen LogP contribution in [0.2, 0.25) is 0 Å². The first-order chi connectivity index (χ1) is 12.2. The lowest BCUT2D eigenvalue weighted by atomic mass is 10.1. The summed E-state index contributed by atoms with van der Waals surface area (Å²) in [7, 11) is 0.667. The number of ether oxygens (including phenoxy) is 1. The summed E-state index contributed by atoms with van der Waals surface area (Å²) in [5.74, 6) is 0.998. The van der Waals surface area contributed by atoms with Crippen molar-refractivity contribution in [1.82, 2.24) is 15.2 Å². The summed E-state index contributed by atoms with van der Waals surface area (Å²) in [4.78, 5) is 11.4. The van der Waals surface area contributed by atoms with Crippen molar-refractivity contribution in [3.8, 4) is 0 Å². The molecule has 7 nitrogen and oxygen atoms in total. The highest BCUT2D eigenvalue weighted by Crippen LogP contribution is 2.46. The van der Waals surface area contributed by atoms with Gasteiger partial charge in [0.05, 0.1) is 18.0 Å². The Kier molecular flexibility index (Phi) is 7.04. The molecule has 1 saturated carbocycles. The van der Waals surface area contributed by atoms with E-state index in [2.05, 4.69) is 10.3 Å². The molecule has 1 aliphatic rings. The monoisotopic (exact) mass is 402 g/mol. The molecule has 1 N–H and O–H groups in total. The molecule has 0 saturated heterocycles. The molecule has 0 aromatic carbocycles. The zero-order valence-electron chi connectivity index (χ0n) is 16.3. The van der Waals surface area contributed by atoms with E-state index in [1.165, 1.54) is 6.26 Å². The van der Waals surface area contributed by atoms with E-state index in [1.807, 2.05) is 31.2 Å². The number of thiazole rings is 1. The van der Waals surface area contributed by atoms with Crippen molar-refractivity contribution in [3.05, 3.63) is 16.1 Å². The Morgan fingerprint density at radius 1 is 1.54 bits per heavy atom. The second-order valence-corrected chi connectivity index (χ2v) is 10.2. The van der Waals surface area contributed by atoms with Gasteiger partial charge in [-0.1, -0.05) is 0 Å². The Labute approximate surface area is 160 Å². The largest absolute Gasteiger partial charge is 0.375 e. The highest BCUT2D eigenvalue weighted by atomic mass is 32.2. The van der Waals surface area contributed by atoms with Crippen LogP contribution in [0.5, 0.6) is 0 Å². The van der Waals surface area contributed by atoms with E-state index < -0.39 is 9.84 Å². The van der Waals surface area contributed by atoms with E-state index in [-0.39, 0.29) is 17.3 Å². The normalized spacial score (nSPS) is 17.8. The Morgan fingerprint density at radius 2 is 2.23 bits per heavy atom. The molecule has 1 aromatic rings. The zero-order valence-corrected chi connectivity index (χ0v) is 17.9. The van der Waals surface area contributed by atoms with E-state index in [4.69, 9.17) is 9.73 Å². The van der Waals surface area contributed by atoms with Gasteiger partial charge in [0.25, 0.3) is 0 Å². The van der Waals surface area contributed by atoms with Crippen LogP contribution in [0.25, 0.3) is 0 Å². The molecule has 1 heterocycles. The maximum Gasteiger partial charge on any atom is 0.194 e. The van der Waals surface area contributed by atoms with Gasteiger partial charge in [0.1, 0.15) is 20.9 Å². The number of nitrogens with one attached hydrogen (secondary N) is 1. The van der Waals surface area contributed by atoms with Crippen LogP contribution in [0.3, 0.4) is 0 Å². The standard InChI is InChI=1S/C17H30N4O3S2/c1-6-18-16(19-11-17(7-8-17)12-26(5,22)23)21(3)9-14-10-25-15(20-14)13(2)24-4/h10,13H,6-9,11-12H2,1-5H3,(H,18,19).